The summed E-state index contributed by atoms with van der Waals surface area (Å²) in [4.78, 5) is 0. The number of phenolic OH excluding ortho intramolecular Hbond substituents is 1. The molecular formula is C12H18O2. The van der Waals surface area contributed by atoms with Crippen LogP contribution in [0.3, 0.4) is 0 Å². The van der Waals surface area contributed by atoms with Crippen LogP contribution in [0.1, 0.15) is 37.3 Å². The van der Waals surface area contributed by atoms with Gasteiger partial charge in [0.05, 0.1) is 0 Å². The predicted octanol–water partition coefficient (Wildman–Crippen LogP) is 2.44. The largest absolute Gasteiger partial charge is 0.508 e. The molecule has 0 aliphatic carbocycles. The Bertz CT molecular complexity index is 294. The fraction of sp³-hybridized carbons (Fsp3) is 0.500. The molecule has 2 nitrogen and oxygen atoms in total. The molecule has 1 rings (SSSR count). The SMILES string of the molecule is CCC(C)c1cc(CCO)ccc1O. The quantitative estimate of drug-likeness (QED) is 0.773. The van der Waals surface area contributed by atoms with Crippen LogP contribution in [0.25, 0.3) is 0 Å². The highest BCUT2D eigenvalue weighted by atomic mass is 16.3. The lowest BCUT2D eigenvalue weighted by Crippen LogP contribution is -1.96. The van der Waals surface area contributed by atoms with Crippen molar-refractivity contribution in [3.05, 3.63) is 29.3 Å². The van der Waals surface area contributed by atoms with Gasteiger partial charge < -0.3 is 10.2 Å². The Morgan fingerprint density at radius 2 is 2.07 bits per heavy atom. The van der Waals surface area contributed by atoms with Gasteiger partial charge in [-0.25, -0.2) is 0 Å². The molecular weight excluding hydrogens is 176 g/mol. The lowest BCUT2D eigenvalue weighted by molar-refractivity contribution is 0.299. The highest BCUT2D eigenvalue weighted by Crippen LogP contribution is 2.28. The maximum atomic E-state index is 9.64. The van der Waals surface area contributed by atoms with Crippen LogP contribution >= 0.6 is 0 Å². The van der Waals surface area contributed by atoms with Gasteiger partial charge in [-0.05, 0) is 36.0 Å². The summed E-state index contributed by atoms with van der Waals surface area (Å²) < 4.78 is 0. The van der Waals surface area contributed by atoms with Gasteiger partial charge in [0.2, 0.25) is 0 Å². The fourth-order valence-corrected chi connectivity index (χ4v) is 1.50. The summed E-state index contributed by atoms with van der Waals surface area (Å²) in [5.74, 6) is 0.731. The first-order valence-electron chi connectivity index (χ1n) is 5.11. The summed E-state index contributed by atoms with van der Waals surface area (Å²) >= 11 is 0. The van der Waals surface area contributed by atoms with Crippen molar-refractivity contribution in [3.63, 3.8) is 0 Å². The van der Waals surface area contributed by atoms with Crippen molar-refractivity contribution in [2.24, 2.45) is 0 Å². The smallest absolute Gasteiger partial charge is 0.119 e. The van der Waals surface area contributed by atoms with Crippen LogP contribution in [0, 0.1) is 0 Å². The zero-order valence-electron chi connectivity index (χ0n) is 8.83. The average Bonchev–Trinajstić information content (AvgIpc) is 2.20. The lowest BCUT2D eigenvalue weighted by Gasteiger charge is -2.12. The van der Waals surface area contributed by atoms with Gasteiger partial charge >= 0.3 is 0 Å². The second-order valence-corrected chi connectivity index (χ2v) is 3.68. The van der Waals surface area contributed by atoms with Crippen molar-refractivity contribution >= 4 is 0 Å². The lowest BCUT2D eigenvalue weighted by atomic mass is 9.95. The van der Waals surface area contributed by atoms with E-state index in [9.17, 15) is 5.11 Å². The Morgan fingerprint density at radius 3 is 2.64 bits per heavy atom. The van der Waals surface area contributed by atoms with E-state index in [1.54, 1.807) is 6.07 Å². The minimum atomic E-state index is 0.157. The molecule has 78 valence electrons. The molecule has 2 N–H and O–H groups in total. The number of phenols is 1. The third-order valence-electron chi connectivity index (χ3n) is 2.64. The van der Waals surface area contributed by atoms with E-state index in [0.717, 1.165) is 17.5 Å². The molecule has 0 amide bonds. The molecule has 1 aromatic carbocycles. The molecule has 0 aromatic heterocycles. The monoisotopic (exact) mass is 194 g/mol. The van der Waals surface area contributed by atoms with E-state index < -0.39 is 0 Å². The Labute approximate surface area is 85.2 Å². The van der Waals surface area contributed by atoms with Gasteiger partial charge in [0.25, 0.3) is 0 Å². The van der Waals surface area contributed by atoms with E-state index in [4.69, 9.17) is 5.11 Å². The number of hydrogen-bond acceptors (Lipinski definition) is 2. The maximum Gasteiger partial charge on any atom is 0.119 e. The molecule has 0 aliphatic rings. The predicted molar refractivity (Wildman–Crippen MR) is 57.6 cm³/mol. The number of aliphatic hydroxyl groups excluding tert-OH is 1. The molecule has 2 heteroatoms. The summed E-state index contributed by atoms with van der Waals surface area (Å²) in [6, 6.07) is 5.56. The van der Waals surface area contributed by atoms with E-state index in [2.05, 4.69) is 13.8 Å². The molecule has 0 saturated carbocycles. The summed E-state index contributed by atoms with van der Waals surface area (Å²) in [6.07, 6.45) is 1.67. The molecule has 1 unspecified atom stereocenters. The first-order chi connectivity index (χ1) is 6.69. The van der Waals surface area contributed by atoms with Crippen LogP contribution in [0.4, 0.5) is 0 Å². The highest BCUT2D eigenvalue weighted by Gasteiger charge is 2.08. The van der Waals surface area contributed by atoms with Crippen LogP contribution < -0.4 is 0 Å². The first-order valence-corrected chi connectivity index (χ1v) is 5.11. The van der Waals surface area contributed by atoms with E-state index >= 15 is 0 Å². The Kier molecular flexibility index (Phi) is 3.96. The molecule has 0 aliphatic heterocycles. The van der Waals surface area contributed by atoms with Gasteiger partial charge in [-0.3, -0.25) is 0 Å². The van der Waals surface area contributed by atoms with Crippen molar-refractivity contribution in [1.82, 2.24) is 0 Å². The van der Waals surface area contributed by atoms with Gasteiger partial charge in [0, 0.05) is 6.61 Å². The van der Waals surface area contributed by atoms with Crippen LogP contribution in [0.15, 0.2) is 18.2 Å². The third kappa shape index (κ3) is 2.48. The van der Waals surface area contributed by atoms with Crippen LogP contribution in [-0.2, 0) is 6.42 Å². The third-order valence-corrected chi connectivity index (χ3v) is 2.64. The Morgan fingerprint density at radius 1 is 1.36 bits per heavy atom. The van der Waals surface area contributed by atoms with E-state index in [0.29, 0.717) is 18.1 Å². The first kappa shape index (κ1) is 11.1. The molecule has 1 atom stereocenters. The zero-order valence-corrected chi connectivity index (χ0v) is 8.83. The van der Waals surface area contributed by atoms with Gasteiger partial charge in [-0.1, -0.05) is 26.0 Å². The number of aliphatic hydroxyl groups is 1. The van der Waals surface area contributed by atoms with Crippen molar-refractivity contribution in [2.75, 3.05) is 6.61 Å². The summed E-state index contributed by atoms with van der Waals surface area (Å²) in [5.41, 5.74) is 2.07. The van der Waals surface area contributed by atoms with Crippen LogP contribution in [0.5, 0.6) is 5.75 Å². The number of hydrogen-bond donors (Lipinski definition) is 2. The Hall–Kier alpha value is -1.02. The van der Waals surface area contributed by atoms with Crippen LogP contribution in [-0.4, -0.2) is 16.8 Å². The molecule has 14 heavy (non-hydrogen) atoms. The minimum absolute atomic E-state index is 0.157. The molecule has 0 bridgehead atoms. The van der Waals surface area contributed by atoms with Gasteiger partial charge in [0.1, 0.15) is 5.75 Å². The second kappa shape index (κ2) is 5.01. The molecule has 0 radical (unpaired) electrons. The van der Waals surface area contributed by atoms with E-state index in [1.165, 1.54) is 0 Å². The van der Waals surface area contributed by atoms with Crippen molar-refractivity contribution in [1.29, 1.82) is 0 Å². The average molecular weight is 194 g/mol. The van der Waals surface area contributed by atoms with Gasteiger partial charge in [-0.2, -0.15) is 0 Å². The molecule has 0 spiro atoms. The second-order valence-electron chi connectivity index (χ2n) is 3.68. The van der Waals surface area contributed by atoms with Gasteiger partial charge in [0.15, 0.2) is 0 Å². The normalized spacial score (nSPS) is 12.8. The van der Waals surface area contributed by atoms with Gasteiger partial charge in [-0.15, -0.1) is 0 Å². The molecule has 0 saturated heterocycles. The van der Waals surface area contributed by atoms with Crippen molar-refractivity contribution < 1.29 is 10.2 Å². The topological polar surface area (TPSA) is 40.5 Å². The van der Waals surface area contributed by atoms with Crippen molar-refractivity contribution in [2.45, 2.75) is 32.6 Å². The van der Waals surface area contributed by atoms with E-state index in [-0.39, 0.29) is 6.61 Å². The highest BCUT2D eigenvalue weighted by molar-refractivity contribution is 5.38. The number of rotatable bonds is 4. The zero-order chi connectivity index (χ0) is 10.6. The fourth-order valence-electron chi connectivity index (χ4n) is 1.50. The van der Waals surface area contributed by atoms with E-state index in [1.807, 2.05) is 12.1 Å². The summed E-state index contributed by atoms with van der Waals surface area (Å²) in [6.45, 7) is 4.35. The van der Waals surface area contributed by atoms with Crippen LogP contribution in [0.2, 0.25) is 0 Å². The number of benzene rings is 1. The summed E-state index contributed by atoms with van der Waals surface area (Å²) in [7, 11) is 0. The Balaban J connectivity index is 2.95. The number of aromatic hydroxyl groups is 1. The standard InChI is InChI=1S/C12H18O2/c1-3-9(2)11-8-10(6-7-13)4-5-12(11)14/h4-5,8-9,13-14H,3,6-7H2,1-2H3. The van der Waals surface area contributed by atoms with Crippen molar-refractivity contribution in [3.8, 4) is 5.75 Å². The maximum absolute atomic E-state index is 9.64. The summed E-state index contributed by atoms with van der Waals surface area (Å²) in [5, 5.41) is 18.5. The molecule has 0 heterocycles. The minimum Gasteiger partial charge on any atom is -0.508 e. The molecule has 0 fully saturated rings. The molecule has 1 aromatic rings.